The summed E-state index contributed by atoms with van der Waals surface area (Å²) in [6.45, 7) is 2.39. The van der Waals surface area contributed by atoms with Gasteiger partial charge in [-0.05, 0) is 51.7 Å². The van der Waals surface area contributed by atoms with Crippen molar-refractivity contribution in [1.29, 1.82) is 0 Å². The fraction of sp³-hybridized carbons (Fsp3) is 0.130. The standard InChI is InChI=1S/C23H19NO2S/c1-2-16-10-12-17(13-11-16)14-21-22(25)24(23(26)27-21)15-19-8-5-7-18-6-3-4-9-20(18)19/h3-14H,2,15H2,1H3/b21-14+. The highest BCUT2D eigenvalue weighted by Gasteiger charge is 2.35. The van der Waals surface area contributed by atoms with Crippen molar-refractivity contribution in [2.45, 2.75) is 19.9 Å². The van der Waals surface area contributed by atoms with Crippen LogP contribution in [0.3, 0.4) is 0 Å². The second-order valence-corrected chi connectivity index (χ2v) is 7.49. The number of imide groups is 1. The molecule has 1 aliphatic rings. The summed E-state index contributed by atoms with van der Waals surface area (Å²) >= 11 is 1.01. The highest BCUT2D eigenvalue weighted by Crippen LogP contribution is 2.34. The summed E-state index contributed by atoms with van der Waals surface area (Å²) < 4.78 is 0. The molecule has 1 aliphatic heterocycles. The molecule has 0 unspecified atom stereocenters. The van der Waals surface area contributed by atoms with Crippen LogP contribution in [-0.4, -0.2) is 16.0 Å². The van der Waals surface area contributed by atoms with E-state index < -0.39 is 0 Å². The molecule has 0 aromatic heterocycles. The molecular formula is C23H19NO2S. The summed E-state index contributed by atoms with van der Waals surface area (Å²) in [5.41, 5.74) is 3.16. The number of nitrogens with zero attached hydrogens (tertiary/aromatic N) is 1. The maximum absolute atomic E-state index is 12.8. The van der Waals surface area contributed by atoms with Crippen molar-refractivity contribution in [3.63, 3.8) is 0 Å². The van der Waals surface area contributed by atoms with Crippen LogP contribution in [0.4, 0.5) is 4.79 Å². The number of carbonyl (C=O) groups excluding carboxylic acids is 2. The third-order valence-electron chi connectivity index (χ3n) is 4.77. The normalized spacial score (nSPS) is 15.9. The van der Waals surface area contributed by atoms with E-state index in [2.05, 4.69) is 6.92 Å². The fourth-order valence-corrected chi connectivity index (χ4v) is 4.08. The van der Waals surface area contributed by atoms with E-state index in [1.54, 1.807) is 6.08 Å². The van der Waals surface area contributed by atoms with Gasteiger partial charge in [0.1, 0.15) is 0 Å². The fourth-order valence-electron chi connectivity index (χ4n) is 3.24. The van der Waals surface area contributed by atoms with Crippen molar-refractivity contribution < 1.29 is 9.59 Å². The van der Waals surface area contributed by atoms with Crippen LogP contribution in [0.5, 0.6) is 0 Å². The smallest absolute Gasteiger partial charge is 0.268 e. The zero-order valence-electron chi connectivity index (χ0n) is 15.0. The summed E-state index contributed by atoms with van der Waals surface area (Å²) in [6.07, 6.45) is 2.77. The van der Waals surface area contributed by atoms with Crippen LogP contribution < -0.4 is 0 Å². The van der Waals surface area contributed by atoms with Gasteiger partial charge in [0.05, 0.1) is 11.4 Å². The first-order chi connectivity index (χ1) is 13.2. The number of carbonyl (C=O) groups is 2. The molecule has 1 heterocycles. The Balaban J connectivity index is 1.60. The van der Waals surface area contributed by atoms with Gasteiger partial charge in [-0.25, -0.2) is 0 Å². The molecule has 0 spiro atoms. The van der Waals surface area contributed by atoms with Crippen LogP contribution in [0.2, 0.25) is 0 Å². The molecule has 0 bridgehead atoms. The number of hydrogen-bond acceptors (Lipinski definition) is 3. The molecule has 3 aromatic carbocycles. The lowest BCUT2D eigenvalue weighted by molar-refractivity contribution is -0.123. The molecule has 0 radical (unpaired) electrons. The van der Waals surface area contributed by atoms with Crippen molar-refractivity contribution in [3.05, 3.63) is 88.3 Å². The van der Waals surface area contributed by atoms with Gasteiger partial charge in [-0.3, -0.25) is 14.5 Å². The average Bonchev–Trinajstić information content (AvgIpc) is 2.96. The maximum Gasteiger partial charge on any atom is 0.293 e. The molecule has 2 amide bonds. The number of amides is 2. The van der Waals surface area contributed by atoms with Crippen LogP contribution in [0.15, 0.2) is 71.6 Å². The second-order valence-electron chi connectivity index (χ2n) is 6.50. The minimum atomic E-state index is -0.225. The van der Waals surface area contributed by atoms with Gasteiger partial charge in [0, 0.05) is 0 Å². The van der Waals surface area contributed by atoms with E-state index in [1.807, 2.05) is 66.7 Å². The average molecular weight is 373 g/mol. The Morgan fingerprint density at radius 2 is 1.67 bits per heavy atom. The Kier molecular flexibility index (Phi) is 4.82. The second kappa shape index (κ2) is 7.41. The van der Waals surface area contributed by atoms with E-state index in [1.165, 1.54) is 10.5 Å². The van der Waals surface area contributed by atoms with Crippen molar-refractivity contribution in [1.82, 2.24) is 4.90 Å². The van der Waals surface area contributed by atoms with Crippen molar-refractivity contribution in [3.8, 4) is 0 Å². The Bertz CT molecular complexity index is 1050. The summed E-state index contributed by atoms with van der Waals surface area (Å²) in [5.74, 6) is -0.225. The number of aryl methyl sites for hydroxylation is 1. The monoisotopic (exact) mass is 373 g/mol. The minimum absolute atomic E-state index is 0.218. The first kappa shape index (κ1) is 17.6. The van der Waals surface area contributed by atoms with E-state index >= 15 is 0 Å². The van der Waals surface area contributed by atoms with Gasteiger partial charge in [-0.15, -0.1) is 0 Å². The number of thioether (sulfide) groups is 1. The van der Waals surface area contributed by atoms with Crippen LogP contribution in [-0.2, 0) is 17.8 Å². The Hall–Kier alpha value is -2.85. The Morgan fingerprint density at radius 1 is 0.926 bits per heavy atom. The van der Waals surface area contributed by atoms with Crippen molar-refractivity contribution in [2.24, 2.45) is 0 Å². The molecule has 0 aliphatic carbocycles. The zero-order valence-corrected chi connectivity index (χ0v) is 15.8. The van der Waals surface area contributed by atoms with Crippen molar-refractivity contribution in [2.75, 3.05) is 0 Å². The highest BCUT2D eigenvalue weighted by atomic mass is 32.2. The van der Waals surface area contributed by atoms with Crippen molar-refractivity contribution >= 4 is 39.8 Å². The summed E-state index contributed by atoms with van der Waals surface area (Å²) in [4.78, 5) is 27.1. The molecule has 134 valence electrons. The molecule has 3 nitrogen and oxygen atoms in total. The molecule has 27 heavy (non-hydrogen) atoms. The molecular weight excluding hydrogens is 354 g/mol. The van der Waals surface area contributed by atoms with Crippen LogP contribution in [0, 0.1) is 0 Å². The predicted octanol–water partition coefficient (Wildman–Crippen LogP) is 5.64. The molecule has 0 atom stereocenters. The van der Waals surface area contributed by atoms with Crippen LogP contribution >= 0.6 is 11.8 Å². The molecule has 1 fully saturated rings. The number of benzene rings is 3. The van der Waals surface area contributed by atoms with Crippen LogP contribution in [0.1, 0.15) is 23.6 Å². The minimum Gasteiger partial charge on any atom is -0.268 e. The largest absolute Gasteiger partial charge is 0.293 e. The number of hydrogen-bond donors (Lipinski definition) is 0. The molecule has 1 saturated heterocycles. The van der Waals surface area contributed by atoms with Crippen LogP contribution in [0.25, 0.3) is 16.8 Å². The van der Waals surface area contributed by atoms with Gasteiger partial charge >= 0.3 is 0 Å². The van der Waals surface area contributed by atoms with Gasteiger partial charge in [0.25, 0.3) is 11.1 Å². The molecule has 0 N–H and O–H groups in total. The third kappa shape index (κ3) is 3.53. The lowest BCUT2D eigenvalue weighted by Crippen LogP contribution is -2.27. The first-order valence-electron chi connectivity index (χ1n) is 8.96. The first-order valence-corrected chi connectivity index (χ1v) is 9.78. The predicted molar refractivity (Wildman–Crippen MR) is 111 cm³/mol. The van der Waals surface area contributed by atoms with Gasteiger partial charge in [0.2, 0.25) is 0 Å². The third-order valence-corrected chi connectivity index (χ3v) is 5.68. The molecule has 3 aromatic rings. The van der Waals surface area contributed by atoms with Gasteiger partial charge < -0.3 is 0 Å². The summed E-state index contributed by atoms with van der Waals surface area (Å²) in [5, 5.41) is 1.95. The summed E-state index contributed by atoms with van der Waals surface area (Å²) in [7, 11) is 0. The zero-order chi connectivity index (χ0) is 18.8. The molecule has 4 heteroatoms. The number of rotatable bonds is 4. The molecule has 0 saturated carbocycles. The van der Waals surface area contributed by atoms with Gasteiger partial charge in [0.15, 0.2) is 0 Å². The Morgan fingerprint density at radius 3 is 2.44 bits per heavy atom. The van der Waals surface area contributed by atoms with E-state index in [-0.39, 0.29) is 17.7 Å². The number of fused-ring (bicyclic) bond motifs is 1. The lowest BCUT2D eigenvalue weighted by atomic mass is 10.0. The van der Waals surface area contributed by atoms with E-state index in [9.17, 15) is 9.59 Å². The Labute approximate surface area is 162 Å². The van der Waals surface area contributed by atoms with E-state index in [0.717, 1.165) is 40.1 Å². The quantitative estimate of drug-likeness (QED) is 0.556. The topological polar surface area (TPSA) is 37.4 Å². The van der Waals surface area contributed by atoms with Gasteiger partial charge in [-0.1, -0.05) is 73.7 Å². The summed E-state index contributed by atoms with van der Waals surface area (Å²) in [6, 6.07) is 22.0. The lowest BCUT2D eigenvalue weighted by Gasteiger charge is -2.14. The molecule has 4 rings (SSSR count). The van der Waals surface area contributed by atoms with Gasteiger partial charge in [-0.2, -0.15) is 0 Å². The SMILES string of the molecule is CCc1ccc(/C=C2/SC(=O)N(Cc3cccc4ccccc34)C2=O)cc1. The van der Waals surface area contributed by atoms with E-state index in [4.69, 9.17) is 0 Å². The van der Waals surface area contributed by atoms with E-state index in [0.29, 0.717) is 4.91 Å². The maximum atomic E-state index is 12.8. The highest BCUT2D eigenvalue weighted by molar-refractivity contribution is 8.18.